The summed E-state index contributed by atoms with van der Waals surface area (Å²) < 4.78 is 0. The van der Waals surface area contributed by atoms with Crippen molar-refractivity contribution in [1.82, 2.24) is 0 Å². The van der Waals surface area contributed by atoms with Crippen LogP contribution < -0.4 is 10.4 Å². The number of anilines is 2. The maximum absolute atomic E-state index is 12.4. The third kappa shape index (κ3) is 4.15. The van der Waals surface area contributed by atoms with Crippen molar-refractivity contribution in [2.24, 2.45) is 10.2 Å². The molecule has 1 amide bonds. The van der Waals surface area contributed by atoms with Crippen molar-refractivity contribution >= 4 is 29.2 Å². The van der Waals surface area contributed by atoms with Crippen LogP contribution >= 0.6 is 0 Å². The second kappa shape index (κ2) is 8.31. The fraction of sp³-hybridized carbons (Fsp3) is 0.0870. The topological polar surface area (TPSA) is 57.1 Å². The number of carbonyl (C=O) groups excluding carboxylic acids is 1. The highest BCUT2D eigenvalue weighted by Gasteiger charge is 2.22. The zero-order valence-electron chi connectivity index (χ0n) is 15.3. The molecule has 3 aromatic carbocycles. The van der Waals surface area contributed by atoms with Crippen LogP contribution in [0.3, 0.4) is 0 Å². The van der Waals surface area contributed by atoms with Crippen LogP contribution in [0.25, 0.3) is 0 Å². The summed E-state index contributed by atoms with van der Waals surface area (Å²) in [6.45, 7) is 0. The number of hydrazone groups is 2. The van der Waals surface area contributed by atoms with Crippen LogP contribution in [0.5, 0.6) is 0 Å². The molecule has 0 aliphatic carbocycles. The molecule has 0 saturated carbocycles. The molecular formula is C23H20N4O. The molecule has 4 rings (SSSR count). The van der Waals surface area contributed by atoms with Gasteiger partial charge in [-0.1, -0.05) is 60.7 Å². The molecule has 0 saturated heterocycles. The first-order valence-electron chi connectivity index (χ1n) is 9.20. The Morgan fingerprint density at radius 3 is 2.25 bits per heavy atom. The van der Waals surface area contributed by atoms with E-state index < -0.39 is 0 Å². The number of hydrogen-bond donors (Lipinski definition) is 1. The Morgan fingerprint density at radius 2 is 1.54 bits per heavy atom. The van der Waals surface area contributed by atoms with Crippen molar-refractivity contribution in [3.63, 3.8) is 0 Å². The van der Waals surface area contributed by atoms with Gasteiger partial charge in [-0.2, -0.15) is 10.2 Å². The summed E-state index contributed by atoms with van der Waals surface area (Å²) in [5.74, 6) is 0.00634. The SMILES string of the molecule is O=C1CCC(c2ccccc2)=NN1c1ccc(C=NNc2ccccc2)cc1. The van der Waals surface area contributed by atoms with Crippen LogP contribution in [0, 0.1) is 0 Å². The molecule has 1 heterocycles. The van der Waals surface area contributed by atoms with E-state index in [4.69, 9.17) is 0 Å². The van der Waals surface area contributed by atoms with E-state index >= 15 is 0 Å². The molecule has 0 aromatic heterocycles. The first kappa shape index (κ1) is 17.7. The van der Waals surface area contributed by atoms with Crippen molar-refractivity contribution in [2.45, 2.75) is 12.8 Å². The second-order valence-electron chi connectivity index (χ2n) is 6.45. The van der Waals surface area contributed by atoms with Gasteiger partial charge in [0.2, 0.25) is 5.91 Å². The van der Waals surface area contributed by atoms with Gasteiger partial charge in [0.15, 0.2) is 0 Å². The van der Waals surface area contributed by atoms with E-state index in [0.717, 1.165) is 28.2 Å². The van der Waals surface area contributed by atoms with E-state index in [1.54, 1.807) is 6.21 Å². The molecule has 0 atom stereocenters. The Kier molecular flexibility index (Phi) is 5.24. The second-order valence-corrected chi connectivity index (χ2v) is 6.45. The van der Waals surface area contributed by atoms with E-state index in [1.807, 2.05) is 84.9 Å². The Morgan fingerprint density at radius 1 is 0.857 bits per heavy atom. The lowest BCUT2D eigenvalue weighted by Gasteiger charge is -2.23. The molecule has 5 nitrogen and oxygen atoms in total. The average Bonchev–Trinajstić information content (AvgIpc) is 2.76. The molecule has 1 aliphatic heterocycles. The quantitative estimate of drug-likeness (QED) is 0.526. The maximum atomic E-state index is 12.4. The van der Waals surface area contributed by atoms with Crippen LogP contribution in [0.2, 0.25) is 0 Å². The van der Waals surface area contributed by atoms with E-state index in [2.05, 4.69) is 15.6 Å². The molecule has 0 unspecified atom stereocenters. The Bertz CT molecular complexity index is 996. The molecule has 0 bridgehead atoms. The van der Waals surface area contributed by atoms with E-state index in [9.17, 15) is 4.79 Å². The minimum absolute atomic E-state index is 0.00634. The molecular weight excluding hydrogens is 348 g/mol. The number of nitrogens with zero attached hydrogens (tertiary/aromatic N) is 3. The molecule has 0 fully saturated rings. The molecule has 1 N–H and O–H groups in total. The van der Waals surface area contributed by atoms with Crippen molar-refractivity contribution in [2.75, 3.05) is 10.4 Å². The molecule has 0 radical (unpaired) electrons. The predicted molar refractivity (Wildman–Crippen MR) is 114 cm³/mol. The van der Waals surface area contributed by atoms with E-state index in [-0.39, 0.29) is 5.91 Å². The van der Waals surface area contributed by atoms with Gasteiger partial charge in [-0.25, -0.2) is 5.01 Å². The highest BCUT2D eigenvalue weighted by Crippen LogP contribution is 2.22. The van der Waals surface area contributed by atoms with Crippen molar-refractivity contribution < 1.29 is 4.79 Å². The van der Waals surface area contributed by atoms with Crippen LogP contribution in [0.1, 0.15) is 24.0 Å². The van der Waals surface area contributed by atoms with Gasteiger partial charge < -0.3 is 0 Å². The number of rotatable bonds is 5. The van der Waals surface area contributed by atoms with E-state index in [1.165, 1.54) is 5.01 Å². The van der Waals surface area contributed by atoms with Crippen molar-refractivity contribution in [1.29, 1.82) is 0 Å². The number of hydrogen-bond acceptors (Lipinski definition) is 4. The van der Waals surface area contributed by atoms with Gasteiger partial charge in [-0.15, -0.1) is 0 Å². The largest absolute Gasteiger partial charge is 0.279 e. The standard InChI is InChI=1S/C23H20N4O/c28-23-16-15-22(19-7-3-1-4-8-19)26-27(23)21-13-11-18(12-14-21)17-24-25-20-9-5-2-6-10-20/h1-14,17,25H,15-16H2. The summed E-state index contributed by atoms with van der Waals surface area (Å²) in [5, 5.41) is 10.3. The highest BCUT2D eigenvalue weighted by molar-refractivity contribution is 6.08. The number of benzene rings is 3. The first-order chi connectivity index (χ1) is 13.8. The van der Waals surface area contributed by atoms with Gasteiger partial charge in [0.25, 0.3) is 0 Å². The zero-order chi connectivity index (χ0) is 19.2. The number of amides is 1. The van der Waals surface area contributed by atoms with Crippen LogP contribution in [0.4, 0.5) is 11.4 Å². The lowest BCUT2D eigenvalue weighted by molar-refractivity contribution is -0.118. The lowest BCUT2D eigenvalue weighted by atomic mass is 10.0. The zero-order valence-corrected chi connectivity index (χ0v) is 15.3. The number of para-hydroxylation sites is 1. The first-order valence-corrected chi connectivity index (χ1v) is 9.20. The molecule has 3 aromatic rings. The summed E-state index contributed by atoms with van der Waals surface area (Å²) >= 11 is 0. The fourth-order valence-corrected chi connectivity index (χ4v) is 2.99. The van der Waals surface area contributed by atoms with E-state index in [0.29, 0.717) is 12.8 Å². The minimum atomic E-state index is 0.00634. The molecule has 138 valence electrons. The van der Waals surface area contributed by atoms with Gasteiger partial charge in [0.1, 0.15) is 0 Å². The lowest BCUT2D eigenvalue weighted by Crippen LogP contribution is -2.31. The molecule has 0 spiro atoms. The molecule has 5 heteroatoms. The third-order valence-corrected chi connectivity index (χ3v) is 4.46. The highest BCUT2D eigenvalue weighted by atomic mass is 16.2. The molecule has 1 aliphatic rings. The minimum Gasteiger partial charge on any atom is -0.279 e. The smallest absolute Gasteiger partial charge is 0.247 e. The van der Waals surface area contributed by atoms with Gasteiger partial charge in [-0.3, -0.25) is 10.2 Å². The van der Waals surface area contributed by atoms with Gasteiger partial charge in [0, 0.05) is 12.8 Å². The Balaban J connectivity index is 1.48. The third-order valence-electron chi connectivity index (χ3n) is 4.46. The monoisotopic (exact) mass is 368 g/mol. The fourth-order valence-electron chi connectivity index (χ4n) is 2.99. The predicted octanol–water partition coefficient (Wildman–Crippen LogP) is 4.66. The van der Waals surface area contributed by atoms with Crippen LogP contribution in [0.15, 0.2) is 95.1 Å². The van der Waals surface area contributed by atoms with Crippen molar-refractivity contribution in [3.05, 3.63) is 96.1 Å². The van der Waals surface area contributed by atoms with Gasteiger partial charge in [-0.05, 0) is 35.4 Å². The summed E-state index contributed by atoms with van der Waals surface area (Å²) in [7, 11) is 0. The number of nitrogens with one attached hydrogen (secondary N) is 1. The summed E-state index contributed by atoms with van der Waals surface area (Å²) in [6.07, 6.45) is 2.86. The van der Waals surface area contributed by atoms with Crippen LogP contribution in [-0.4, -0.2) is 17.8 Å². The maximum Gasteiger partial charge on any atom is 0.247 e. The van der Waals surface area contributed by atoms with Gasteiger partial charge in [0.05, 0.1) is 23.3 Å². The average molecular weight is 368 g/mol. The van der Waals surface area contributed by atoms with Crippen LogP contribution in [-0.2, 0) is 4.79 Å². The number of carbonyl (C=O) groups is 1. The summed E-state index contributed by atoms with van der Waals surface area (Å²) in [6, 6.07) is 27.4. The van der Waals surface area contributed by atoms with Crippen molar-refractivity contribution in [3.8, 4) is 0 Å². The molecule has 28 heavy (non-hydrogen) atoms. The van der Waals surface area contributed by atoms with Gasteiger partial charge >= 0.3 is 0 Å². The summed E-state index contributed by atoms with van der Waals surface area (Å²) in [4.78, 5) is 12.4. The Hall–Kier alpha value is -3.73. The normalized spacial score (nSPS) is 14.2. The summed E-state index contributed by atoms with van der Waals surface area (Å²) in [5.41, 5.74) is 7.58. The Labute approximate surface area is 164 Å².